The molecule has 0 aliphatic heterocycles. The Balaban J connectivity index is 2.37. The highest BCUT2D eigenvalue weighted by Crippen LogP contribution is 2.51. The smallest absolute Gasteiger partial charge is 0.373 e. The molecular weight excluding hydrogens is 271 g/mol. The molecule has 1 aliphatic carbocycles. The van der Waals surface area contributed by atoms with Gasteiger partial charge in [-0.15, -0.1) is 0 Å². The van der Waals surface area contributed by atoms with E-state index in [0.717, 1.165) is 6.42 Å². The van der Waals surface area contributed by atoms with Crippen LogP contribution in [-0.4, -0.2) is 22.8 Å². The van der Waals surface area contributed by atoms with Gasteiger partial charge < -0.3 is 10.8 Å². The fourth-order valence-electron chi connectivity index (χ4n) is 2.78. The standard InChI is InChI=1S/C14H16F3NO2/c15-14(16,17)13(20,11(18)19)9-12(7-4-8-12)10-5-2-1-3-6-10/h1-3,5-6,20H,4,7-9H2,(H2,18,19). The molecule has 110 valence electrons. The van der Waals surface area contributed by atoms with Crippen LogP contribution in [0.1, 0.15) is 31.2 Å². The van der Waals surface area contributed by atoms with Gasteiger partial charge in [0.05, 0.1) is 0 Å². The second-order valence-electron chi connectivity index (χ2n) is 5.40. The summed E-state index contributed by atoms with van der Waals surface area (Å²) in [5.74, 6) is -1.74. The van der Waals surface area contributed by atoms with Gasteiger partial charge in [0.2, 0.25) is 5.60 Å². The Morgan fingerprint density at radius 3 is 2.15 bits per heavy atom. The molecule has 20 heavy (non-hydrogen) atoms. The number of primary amides is 1. The Bertz CT molecular complexity index is 497. The van der Waals surface area contributed by atoms with Crippen LogP contribution in [0.25, 0.3) is 0 Å². The van der Waals surface area contributed by atoms with E-state index in [1.54, 1.807) is 30.3 Å². The first-order valence-corrected chi connectivity index (χ1v) is 6.36. The third kappa shape index (κ3) is 2.28. The number of amides is 1. The molecule has 0 saturated heterocycles. The summed E-state index contributed by atoms with van der Waals surface area (Å²) in [6.45, 7) is 0. The summed E-state index contributed by atoms with van der Waals surface area (Å²) in [5.41, 5.74) is 1.20. The topological polar surface area (TPSA) is 63.3 Å². The van der Waals surface area contributed by atoms with Crippen molar-refractivity contribution >= 4 is 5.91 Å². The summed E-state index contributed by atoms with van der Waals surface area (Å²) in [7, 11) is 0. The van der Waals surface area contributed by atoms with Gasteiger partial charge in [0.15, 0.2) is 0 Å². The summed E-state index contributed by atoms with van der Waals surface area (Å²) in [4.78, 5) is 11.2. The third-order valence-electron chi connectivity index (χ3n) is 4.17. The zero-order chi connectivity index (χ0) is 15.0. The number of hydrogen-bond acceptors (Lipinski definition) is 2. The number of benzene rings is 1. The highest BCUT2D eigenvalue weighted by atomic mass is 19.4. The summed E-state index contributed by atoms with van der Waals surface area (Å²) < 4.78 is 39.0. The molecule has 0 spiro atoms. The Morgan fingerprint density at radius 2 is 1.80 bits per heavy atom. The van der Waals surface area contributed by atoms with Crippen LogP contribution in [0.3, 0.4) is 0 Å². The van der Waals surface area contributed by atoms with E-state index in [0.29, 0.717) is 18.4 Å². The zero-order valence-electron chi connectivity index (χ0n) is 10.8. The number of alkyl halides is 3. The molecule has 1 aliphatic rings. The van der Waals surface area contributed by atoms with Crippen LogP contribution in [0.5, 0.6) is 0 Å². The van der Waals surface area contributed by atoms with Crippen LogP contribution >= 0.6 is 0 Å². The Kier molecular flexibility index (Phi) is 3.54. The number of halogens is 3. The third-order valence-corrected chi connectivity index (χ3v) is 4.17. The van der Waals surface area contributed by atoms with Crippen LogP contribution in [0.4, 0.5) is 13.2 Å². The Labute approximate surface area is 114 Å². The van der Waals surface area contributed by atoms with Crippen LogP contribution in [0, 0.1) is 0 Å². The van der Waals surface area contributed by atoms with Crippen LogP contribution < -0.4 is 5.73 Å². The highest BCUT2D eigenvalue weighted by Gasteiger charge is 2.62. The number of hydrogen-bond donors (Lipinski definition) is 2. The van der Waals surface area contributed by atoms with E-state index in [2.05, 4.69) is 0 Å². The predicted molar refractivity (Wildman–Crippen MR) is 66.8 cm³/mol. The maximum Gasteiger partial charge on any atom is 0.426 e. The molecule has 1 amide bonds. The molecule has 1 aromatic carbocycles. The minimum Gasteiger partial charge on any atom is -0.373 e. The first-order valence-electron chi connectivity index (χ1n) is 6.36. The quantitative estimate of drug-likeness (QED) is 0.892. The minimum atomic E-state index is -5.07. The molecule has 6 heteroatoms. The number of rotatable bonds is 4. The average molecular weight is 287 g/mol. The van der Waals surface area contributed by atoms with E-state index in [4.69, 9.17) is 5.73 Å². The monoisotopic (exact) mass is 287 g/mol. The first kappa shape index (κ1) is 14.8. The van der Waals surface area contributed by atoms with Crippen molar-refractivity contribution in [3.8, 4) is 0 Å². The largest absolute Gasteiger partial charge is 0.426 e. The van der Waals surface area contributed by atoms with Gasteiger partial charge in [0.1, 0.15) is 0 Å². The molecule has 0 aromatic heterocycles. The summed E-state index contributed by atoms with van der Waals surface area (Å²) in [6, 6.07) is 8.66. The van der Waals surface area contributed by atoms with Gasteiger partial charge in [0, 0.05) is 6.42 Å². The van der Waals surface area contributed by atoms with Gasteiger partial charge >= 0.3 is 6.18 Å². The minimum absolute atomic E-state index is 0.503. The van der Waals surface area contributed by atoms with Crippen LogP contribution in [0.15, 0.2) is 30.3 Å². The summed E-state index contributed by atoms with van der Waals surface area (Å²) in [6.07, 6.45) is -4.02. The molecule has 3 N–H and O–H groups in total. The van der Waals surface area contributed by atoms with Crippen molar-refractivity contribution in [3.63, 3.8) is 0 Å². The zero-order valence-corrected chi connectivity index (χ0v) is 10.8. The van der Waals surface area contributed by atoms with Crippen molar-refractivity contribution < 1.29 is 23.1 Å². The number of carbonyl (C=O) groups excluding carboxylic acids is 1. The van der Waals surface area contributed by atoms with E-state index >= 15 is 0 Å². The maximum atomic E-state index is 13.0. The van der Waals surface area contributed by atoms with Crippen molar-refractivity contribution in [1.82, 2.24) is 0 Å². The van der Waals surface area contributed by atoms with Gasteiger partial charge in [0.25, 0.3) is 5.91 Å². The molecular formula is C14H16F3NO2. The van der Waals surface area contributed by atoms with Gasteiger partial charge in [-0.1, -0.05) is 36.8 Å². The van der Waals surface area contributed by atoms with Crippen molar-refractivity contribution in [2.75, 3.05) is 0 Å². The van der Waals surface area contributed by atoms with Crippen LogP contribution in [-0.2, 0) is 10.2 Å². The maximum absolute atomic E-state index is 13.0. The normalized spacial score (nSPS) is 20.8. The highest BCUT2D eigenvalue weighted by molar-refractivity contribution is 5.84. The second-order valence-corrected chi connectivity index (χ2v) is 5.40. The van der Waals surface area contributed by atoms with Crippen molar-refractivity contribution in [2.24, 2.45) is 5.73 Å². The molecule has 1 atom stereocenters. The number of carbonyl (C=O) groups is 1. The van der Waals surface area contributed by atoms with Crippen molar-refractivity contribution in [2.45, 2.75) is 42.9 Å². The van der Waals surface area contributed by atoms with Gasteiger partial charge in [-0.3, -0.25) is 4.79 Å². The molecule has 1 fully saturated rings. The SMILES string of the molecule is NC(=O)C(O)(CC1(c2ccccc2)CCC1)C(F)(F)F. The van der Waals surface area contributed by atoms with E-state index < -0.39 is 29.5 Å². The van der Waals surface area contributed by atoms with Gasteiger partial charge in [-0.05, 0) is 23.8 Å². The number of nitrogens with two attached hydrogens (primary N) is 1. The fourth-order valence-corrected chi connectivity index (χ4v) is 2.78. The molecule has 0 heterocycles. The van der Waals surface area contributed by atoms with E-state index in [9.17, 15) is 23.1 Å². The molecule has 2 rings (SSSR count). The van der Waals surface area contributed by atoms with E-state index in [1.807, 2.05) is 0 Å². The lowest BCUT2D eigenvalue weighted by Crippen LogP contribution is -2.59. The first-order chi connectivity index (χ1) is 9.21. The average Bonchev–Trinajstić information content (AvgIpc) is 2.33. The lowest BCUT2D eigenvalue weighted by molar-refractivity contribution is -0.258. The van der Waals surface area contributed by atoms with Crippen LogP contribution in [0.2, 0.25) is 0 Å². The van der Waals surface area contributed by atoms with E-state index in [-0.39, 0.29) is 0 Å². The van der Waals surface area contributed by atoms with Crippen molar-refractivity contribution in [3.05, 3.63) is 35.9 Å². The van der Waals surface area contributed by atoms with E-state index in [1.165, 1.54) is 0 Å². The second kappa shape index (κ2) is 4.77. The lowest BCUT2D eigenvalue weighted by Gasteiger charge is -2.46. The lowest BCUT2D eigenvalue weighted by atomic mass is 9.59. The molecule has 3 nitrogen and oxygen atoms in total. The molecule has 1 unspecified atom stereocenters. The molecule has 1 aromatic rings. The molecule has 0 bridgehead atoms. The van der Waals surface area contributed by atoms with Gasteiger partial charge in [-0.2, -0.15) is 13.2 Å². The molecule has 0 radical (unpaired) electrons. The predicted octanol–water partition coefficient (Wildman–Crippen LogP) is 2.28. The van der Waals surface area contributed by atoms with Crippen molar-refractivity contribution in [1.29, 1.82) is 0 Å². The Hall–Kier alpha value is -1.56. The summed E-state index contributed by atoms with van der Waals surface area (Å²) in [5, 5.41) is 9.79. The van der Waals surface area contributed by atoms with Gasteiger partial charge in [-0.25, -0.2) is 0 Å². The fraction of sp³-hybridized carbons (Fsp3) is 0.500. The number of aliphatic hydroxyl groups is 1. The summed E-state index contributed by atoms with van der Waals surface area (Å²) >= 11 is 0. The molecule has 1 saturated carbocycles. The Morgan fingerprint density at radius 1 is 1.25 bits per heavy atom.